The van der Waals surface area contributed by atoms with Crippen LogP contribution in [-0.2, 0) is 13.0 Å². The van der Waals surface area contributed by atoms with Gasteiger partial charge in [0.05, 0.1) is 36.7 Å². The standard InChI is InChI=1S/C18H17Cl2N3/c1-2-21-11-10-18-22-16-8-3-4-9-17(16)23(18)12-13-14(19)6-5-7-15(13)20/h2-9,21H,1,10-12H2/p+1. The van der Waals surface area contributed by atoms with Crippen molar-refractivity contribution in [1.29, 1.82) is 0 Å². The minimum atomic E-state index is 0.614. The average Bonchev–Trinajstić information content (AvgIpc) is 2.89. The smallest absolute Gasteiger partial charge is 0.115 e. The summed E-state index contributed by atoms with van der Waals surface area (Å²) in [5, 5.41) is 3.41. The van der Waals surface area contributed by atoms with Gasteiger partial charge in [-0.1, -0.05) is 41.4 Å². The molecule has 0 atom stereocenters. The zero-order valence-electron chi connectivity index (χ0n) is 12.7. The summed E-state index contributed by atoms with van der Waals surface area (Å²) in [5.74, 6) is 1.03. The Morgan fingerprint density at radius 2 is 1.83 bits per heavy atom. The number of rotatable bonds is 6. The number of imidazole rings is 1. The number of nitrogens with zero attached hydrogens (tertiary/aromatic N) is 2. The average molecular weight is 347 g/mol. The summed E-state index contributed by atoms with van der Waals surface area (Å²) in [6.45, 7) is 5.25. The van der Waals surface area contributed by atoms with E-state index in [2.05, 4.69) is 17.2 Å². The van der Waals surface area contributed by atoms with Gasteiger partial charge in [-0.25, -0.2) is 4.98 Å². The first-order chi connectivity index (χ1) is 11.2. The molecule has 2 aromatic carbocycles. The van der Waals surface area contributed by atoms with Crippen molar-refractivity contribution in [2.24, 2.45) is 0 Å². The minimum Gasteiger partial charge on any atom is -0.323 e. The molecule has 0 radical (unpaired) electrons. The van der Waals surface area contributed by atoms with Gasteiger partial charge in [-0.05, 0) is 30.8 Å². The first-order valence-corrected chi connectivity index (χ1v) is 8.27. The van der Waals surface area contributed by atoms with Crippen molar-refractivity contribution in [3.8, 4) is 0 Å². The first kappa shape index (κ1) is 16.1. The third kappa shape index (κ3) is 3.42. The van der Waals surface area contributed by atoms with Crippen LogP contribution in [0.4, 0.5) is 0 Å². The van der Waals surface area contributed by atoms with Crippen molar-refractivity contribution in [2.75, 3.05) is 6.54 Å². The second-order valence-corrected chi connectivity index (χ2v) is 6.13. The Balaban J connectivity index is 2.03. The fraction of sp³-hybridized carbons (Fsp3) is 0.167. The van der Waals surface area contributed by atoms with Gasteiger partial charge in [0.1, 0.15) is 5.82 Å². The van der Waals surface area contributed by atoms with E-state index in [1.807, 2.05) is 47.9 Å². The predicted molar refractivity (Wildman–Crippen MR) is 96.0 cm³/mol. The van der Waals surface area contributed by atoms with Gasteiger partial charge in [-0.15, -0.1) is 0 Å². The van der Waals surface area contributed by atoms with Crippen LogP contribution < -0.4 is 5.32 Å². The molecule has 3 aromatic rings. The number of fused-ring (bicyclic) bond motifs is 1. The third-order valence-electron chi connectivity index (χ3n) is 3.81. The maximum Gasteiger partial charge on any atom is 0.115 e. The monoisotopic (exact) mass is 346 g/mol. The Bertz CT molecular complexity index is 819. The van der Waals surface area contributed by atoms with Crippen LogP contribution in [0.25, 0.3) is 11.0 Å². The largest absolute Gasteiger partial charge is 0.323 e. The van der Waals surface area contributed by atoms with Gasteiger partial charge in [-0.2, -0.15) is 0 Å². The van der Waals surface area contributed by atoms with Crippen LogP contribution in [0.3, 0.4) is 0 Å². The number of hydrogen-bond donors (Lipinski definition) is 1. The molecule has 0 aliphatic rings. The van der Waals surface area contributed by atoms with E-state index in [1.54, 1.807) is 0 Å². The molecule has 0 fully saturated rings. The van der Waals surface area contributed by atoms with Gasteiger partial charge >= 0.3 is 0 Å². The molecule has 2 N–H and O–H groups in total. The summed E-state index contributed by atoms with van der Waals surface area (Å²) in [4.78, 5) is 4.76. The zero-order valence-corrected chi connectivity index (χ0v) is 14.2. The highest BCUT2D eigenvalue weighted by Gasteiger charge is 2.14. The highest BCUT2D eigenvalue weighted by molar-refractivity contribution is 6.36. The fourth-order valence-corrected chi connectivity index (χ4v) is 3.18. The molecule has 23 heavy (non-hydrogen) atoms. The number of para-hydroxylation sites is 2. The SMILES string of the molecule is C=C[NH2+]CCc1nc2ccccc2n1Cc1c(Cl)cccc1Cl. The molecule has 1 aromatic heterocycles. The Morgan fingerprint density at radius 3 is 2.57 bits per heavy atom. The Kier molecular flexibility index (Phi) is 5.01. The van der Waals surface area contributed by atoms with Crippen molar-refractivity contribution in [3.63, 3.8) is 0 Å². The van der Waals surface area contributed by atoms with Crippen LogP contribution >= 0.6 is 23.2 Å². The number of benzene rings is 2. The van der Waals surface area contributed by atoms with E-state index in [-0.39, 0.29) is 0 Å². The molecule has 1 heterocycles. The summed E-state index contributed by atoms with van der Waals surface area (Å²) in [5.41, 5.74) is 3.01. The summed E-state index contributed by atoms with van der Waals surface area (Å²) in [6.07, 6.45) is 2.67. The molecule has 0 saturated heterocycles. The topological polar surface area (TPSA) is 34.4 Å². The quantitative estimate of drug-likeness (QED) is 0.679. The Hall–Kier alpha value is -1.81. The van der Waals surface area contributed by atoms with E-state index >= 15 is 0 Å². The highest BCUT2D eigenvalue weighted by Crippen LogP contribution is 2.27. The van der Waals surface area contributed by atoms with E-state index in [0.717, 1.165) is 35.4 Å². The maximum atomic E-state index is 6.34. The Labute approximate surface area is 145 Å². The normalized spacial score (nSPS) is 11.0. The fourth-order valence-electron chi connectivity index (χ4n) is 2.66. The molecule has 0 spiro atoms. The van der Waals surface area contributed by atoms with Crippen LogP contribution in [0.5, 0.6) is 0 Å². The number of nitrogens with two attached hydrogens (primary N) is 1. The van der Waals surface area contributed by atoms with Gasteiger partial charge in [0.25, 0.3) is 0 Å². The molecule has 0 amide bonds. The highest BCUT2D eigenvalue weighted by atomic mass is 35.5. The molecule has 0 saturated carbocycles. The molecular weight excluding hydrogens is 329 g/mol. The van der Waals surface area contributed by atoms with E-state index in [9.17, 15) is 0 Å². The number of hydrogen-bond acceptors (Lipinski definition) is 1. The molecule has 3 nitrogen and oxygen atoms in total. The van der Waals surface area contributed by atoms with Crippen LogP contribution in [0, 0.1) is 0 Å². The molecule has 0 unspecified atom stereocenters. The van der Waals surface area contributed by atoms with Crippen molar-refractivity contribution in [3.05, 3.63) is 76.7 Å². The number of aromatic nitrogens is 2. The lowest BCUT2D eigenvalue weighted by Crippen LogP contribution is -2.78. The van der Waals surface area contributed by atoms with Crippen LogP contribution in [-0.4, -0.2) is 16.1 Å². The lowest BCUT2D eigenvalue weighted by atomic mass is 10.2. The minimum absolute atomic E-state index is 0.614. The molecule has 0 aliphatic carbocycles. The van der Waals surface area contributed by atoms with Gasteiger partial charge in [0.15, 0.2) is 0 Å². The second-order valence-electron chi connectivity index (χ2n) is 5.31. The van der Waals surface area contributed by atoms with Gasteiger partial charge in [-0.3, -0.25) is 0 Å². The van der Waals surface area contributed by atoms with Crippen LogP contribution in [0.2, 0.25) is 10.0 Å². The molecule has 118 valence electrons. The Morgan fingerprint density at radius 1 is 1.09 bits per heavy atom. The van der Waals surface area contributed by atoms with Crippen molar-refractivity contribution in [2.45, 2.75) is 13.0 Å². The van der Waals surface area contributed by atoms with Crippen molar-refractivity contribution >= 4 is 34.2 Å². The summed E-state index contributed by atoms with van der Waals surface area (Å²) >= 11 is 12.7. The van der Waals surface area contributed by atoms with Crippen LogP contribution in [0.1, 0.15) is 11.4 Å². The predicted octanol–water partition coefficient (Wildman–Crippen LogP) is 3.64. The van der Waals surface area contributed by atoms with E-state index in [1.165, 1.54) is 0 Å². The van der Waals surface area contributed by atoms with Gasteiger partial charge in [0, 0.05) is 15.6 Å². The second kappa shape index (κ2) is 7.18. The molecule has 0 aliphatic heterocycles. The molecule has 3 rings (SSSR count). The summed E-state index contributed by atoms with van der Waals surface area (Å²) in [6, 6.07) is 13.7. The van der Waals surface area contributed by atoms with Gasteiger partial charge < -0.3 is 9.88 Å². The summed E-state index contributed by atoms with van der Waals surface area (Å²) in [7, 11) is 0. The first-order valence-electron chi connectivity index (χ1n) is 7.52. The maximum absolute atomic E-state index is 6.34. The lowest BCUT2D eigenvalue weighted by molar-refractivity contribution is -0.586. The number of quaternary nitrogens is 1. The van der Waals surface area contributed by atoms with Crippen LogP contribution in [0.15, 0.2) is 55.2 Å². The van der Waals surface area contributed by atoms with E-state index in [0.29, 0.717) is 16.6 Å². The third-order valence-corrected chi connectivity index (χ3v) is 4.52. The van der Waals surface area contributed by atoms with Crippen molar-refractivity contribution in [1.82, 2.24) is 9.55 Å². The zero-order chi connectivity index (χ0) is 16.2. The number of halogens is 2. The van der Waals surface area contributed by atoms with E-state index in [4.69, 9.17) is 28.2 Å². The van der Waals surface area contributed by atoms with E-state index < -0.39 is 0 Å². The molecule has 0 bridgehead atoms. The molecule has 5 heteroatoms. The van der Waals surface area contributed by atoms with Gasteiger partial charge in [0.2, 0.25) is 0 Å². The lowest BCUT2D eigenvalue weighted by Gasteiger charge is -2.12. The summed E-state index contributed by atoms with van der Waals surface area (Å²) < 4.78 is 2.19. The van der Waals surface area contributed by atoms with Crippen molar-refractivity contribution < 1.29 is 5.32 Å². The molecular formula is C18H18Cl2N3+.